The zero-order valence-corrected chi connectivity index (χ0v) is 21.4. The Balaban J connectivity index is 1.70. The molecule has 0 bridgehead atoms. The van der Waals surface area contributed by atoms with Crippen molar-refractivity contribution in [3.05, 3.63) is 94.0 Å². The van der Waals surface area contributed by atoms with Crippen molar-refractivity contribution in [2.45, 2.75) is 13.5 Å². The molecule has 1 N–H and O–H groups in total. The maximum Gasteiger partial charge on any atom is 0.271 e. The van der Waals surface area contributed by atoms with E-state index in [9.17, 15) is 4.79 Å². The van der Waals surface area contributed by atoms with Crippen LogP contribution in [-0.2, 0) is 6.61 Å². The quantitative estimate of drug-likeness (QED) is 0.169. The Bertz CT molecular complexity index is 1250. The molecule has 188 valence electrons. The van der Waals surface area contributed by atoms with Gasteiger partial charge in [0.25, 0.3) is 5.91 Å². The molecule has 0 saturated carbocycles. The predicted molar refractivity (Wildman–Crippen MR) is 142 cm³/mol. The lowest BCUT2D eigenvalue weighted by molar-refractivity contribution is 0.0954. The summed E-state index contributed by atoms with van der Waals surface area (Å²) < 4.78 is 22.4. The minimum absolute atomic E-state index is 0.269. The summed E-state index contributed by atoms with van der Waals surface area (Å²) in [5.41, 5.74) is 4.35. The van der Waals surface area contributed by atoms with Gasteiger partial charge in [-0.3, -0.25) is 4.79 Å². The number of hydrogen-bond acceptors (Lipinski definition) is 6. The SMILES string of the molecule is C=CCOc1ccc(C(=O)N/N=C/c2cc(Cl)c(OCc3cccc(Cl)c3)c(OCC)c2)cc1OC. The van der Waals surface area contributed by atoms with Gasteiger partial charge in [-0.1, -0.05) is 48.0 Å². The van der Waals surface area contributed by atoms with Gasteiger partial charge in [0.1, 0.15) is 13.2 Å². The fourth-order valence-corrected chi connectivity index (χ4v) is 3.64. The fourth-order valence-electron chi connectivity index (χ4n) is 3.15. The number of rotatable bonds is 12. The Morgan fingerprint density at radius 1 is 1.03 bits per heavy atom. The molecule has 0 saturated heterocycles. The van der Waals surface area contributed by atoms with E-state index in [1.807, 2.05) is 25.1 Å². The molecule has 0 spiro atoms. The summed E-state index contributed by atoms with van der Waals surface area (Å²) >= 11 is 12.5. The van der Waals surface area contributed by atoms with E-state index in [0.717, 1.165) is 5.56 Å². The van der Waals surface area contributed by atoms with Crippen molar-refractivity contribution in [3.63, 3.8) is 0 Å². The zero-order valence-electron chi connectivity index (χ0n) is 19.9. The second kappa shape index (κ2) is 13.4. The number of nitrogens with zero attached hydrogens (tertiary/aromatic N) is 1. The minimum atomic E-state index is -0.419. The van der Waals surface area contributed by atoms with Crippen LogP contribution in [0.15, 0.2) is 72.4 Å². The summed E-state index contributed by atoms with van der Waals surface area (Å²) in [5.74, 6) is 1.38. The van der Waals surface area contributed by atoms with Gasteiger partial charge in [0.2, 0.25) is 0 Å². The number of nitrogens with one attached hydrogen (secondary N) is 1. The Morgan fingerprint density at radius 2 is 1.86 bits per heavy atom. The number of carbonyl (C=O) groups excluding carboxylic acids is 1. The average molecular weight is 529 g/mol. The van der Waals surface area contributed by atoms with E-state index < -0.39 is 5.91 Å². The highest BCUT2D eigenvalue weighted by Gasteiger charge is 2.14. The number of methoxy groups -OCH3 is 1. The average Bonchev–Trinajstić information content (AvgIpc) is 2.87. The van der Waals surface area contributed by atoms with Crippen LogP contribution in [0.2, 0.25) is 10.0 Å². The summed E-state index contributed by atoms with van der Waals surface area (Å²) in [7, 11) is 1.50. The number of benzene rings is 3. The van der Waals surface area contributed by atoms with Crippen LogP contribution in [-0.4, -0.2) is 32.4 Å². The highest BCUT2D eigenvalue weighted by Crippen LogP contribution is 2.37. The molecular weight excluding hydrogens is 503 g/mol. The van der Waals surface area contributed by atoms with Crippen molar-refractivity contribution in [3.8, 4) is 23.0 Å². The van der Waals surface area contributed by atoms with Crippen LogP contribution >= 0.6 is 23.2 Å². The molecule has 0 fully saturated rings. The lowest BCUT2D eigenvalue weighted by Gasteiger charge is -2.14. The van der Waals surface area contributed by atoms with E-state index >= 15 is 0 Å². The summed E-state index contributed by atoms with van der Waals surface area (Å²) in [4.78, 5) is 12.5. The zero-order chi connectivity index (χ0) is 25.9. The number of ether oxygens (including phenoxy) is 4. The summed E-state index contributed by atoms with van der Waals surface area (Å²) in [6.45, 7) is 6.47. The minimum Gasteiger partial charge on any atom is -0.493 e. The maximum absolute atomic E-state index is 12.5. The van der Waals surface area contributed by atoms with Crippen molar-refractivity contribution in [2.24, 2.45) is 5.10 Å². The fraction of sp³-hybridized carbons (Fsp3) is 0.185. The normalized spacial score (nSPS) is 10.7. The number of carbonyl (C=O) groups is 1. The molecule has 3 aromatic carbocycles. The smallest absolute Gasteiger partial charge is 0.271 e. The van der Waals surface area contributed by atoms with E-state index in [4.69, 9.17) is 42.1 Å². The molecule has 3 aromatic rings. The molecule has 0 aliphatic rings. The molecule has 0 heterocycles. The molecule has 3 rings (SSSR count). The van der Waals surface area contributed by atoms with Gasteiger partial charge in [0, 0.05) is 10.6 Å². The van der Waals surface area contributed by atoms with Gasteiger partial charge >= 0.3 is 0 Å². The van der Waals surface area contributed by atoms with Gasteiger partial charge in [-0.05, 0) is 60.5 Å². The number of hydrogen-bond donors (Lipinski definition) is 1. The van der Waals surface area contributed by atoms with Crippen LogP contribution in [0.25, 0.3) is 0 Å². The molecule has 36 heavy (non-hydrogen) atoms. The van der Waals surface area contributed by atoms with Crippen LogP contribution in [0, 0.1) is 0 Å². The van der Waals surface area contributed by atoms with Gasteiger partial charge in [-0.25, -0.2) is 5.43 Å². The maximum atomic E-state index is 12.5. The van der Waals surface area contributed by atoms with E-state index in [0.29, 0.717) is 57.4 Å². The molecule has 0 aliphatic carbocycles. The van der Waals surface area contributed by atoms with Crippen molar-refractivity contribution in [2.75, 3.05) is 20.3 Å². The van der Waals surface area contributed by atoms with Crippen molar-refractivity contribution < 1.29 is 23.7 Å². The monoisotopic (exact) mass is 528 g/mol. The molecule has 9 heteroatoms. The first kappa shape index (κ1) is 26.9. The third kappa shape index (κ3) is 7.41. The summed E-state index contributed by atoms with van der Waals surface area (Å²) in [5, 5.41) is 5.01. The van der Waals surface area contributed by atoms with Crippen molar-refractivity contribution >= 4 is 35.3 Å². The van der Waals surface area contributed by atoms with Gasteiger partial charge < -0.3 is 18.9 Å². The van der Waals surface area contributed by atoms with E-state index in [1.165, 1.54) is 13.3 Å². The Morgan fingerprint density at radius 3 is 2.58 bits per heavy atom. The highest BCUT2D eigenvalue weighted by molar-refractivity contribution is 6.32. The molecule has 0 aromatic heterocycles. The van der Waals surface area contributed by atoms with E-state index in [2.05, 4.69) is 17.1 Å². The van der Waals surface area contributed by atoms with Gasteiger partial charge in [-0.2, -0.15) is 5.10 Å². The van der Waals surface area contributed by atoms with Crippen molar-refractivity contribution in [1.82, 2.24) is 5.43 Å². The molecule has 0 radical (unpaired) electrons. The van der Waals surface area contributed by atoms with Crippen molar-refractivity contribution in [1.29, 1.82) is 0 Å². The van der Waals surface area contributed by atoms with Gasteiger partial charge in [0.05, 0.1) is 25.0 Å². The molecule has 0 atom stereocenters. The van der Waals surface area contributed by atoms with Gasteiger partial charge in [0.15, 0.2) is 23.0 Å². The molecule has 1 amide bonds. The lowest BCUT2D eigenvalue weighted by Crippen LogP contribution is -2.17. The Labute approximate surface area is 220 Å². The first-order valence-corrected chi connectivity index (χ1v) is 11.8. The summed E-state index contributed by atoms with van der Waals surface area (Å²) in [6.07, 6.45) is 3.09. The van der Waals surface area contributed by atoms with Crippen LogP contribution in [0.5, 0.6) is 23.0 Å². The topological polar surface area (TPSA) is 78.4 Å². The largest absolute Gasteiger partial charge is 0.493 e. The second-order valence-corrected chi connectivity index (χ2v) is 8.19. The van der Waals surface area contributed by atoms with Crippen LogP contribution < -0.4 is 24.4 Å². The van der Waals surface area contributed by atoms with Crippen LogP contribution in [0.4, 0.5) is 0 Å². The Kier molecular flexibility index (Phi) is 10.0. The molecular formula is C27H26Cl2N2O5. The highest BCUT2D eigenvalue weighted by atomic mass is 35.5. The Hall–Kier alpha value is -3.68. The summed E-state index contributed by atoms with van der Waals surface area (Å²) in [6, 6.07) is 15.6. The number of hydrazone groups is 1. The lowest BCUT2D eigenvalue weighted by atomic mass is 10.2. The van der Waals surface area contributed by atoms with Gasteiger partial charge in [-0.15, -0.1) is 0 Å². The molecule has 0 aliphatic heterocycles. The molecule has 0 unspecified atom stereocenters. The predicted octanol–water partition coefficient (Wildman–Crippen LogP) is 6.31. The standard InChI is InChI=1S/C27H26Cl2N2O5/c1-4-11-35-23-10-9-20(15-24(23)33-3)27(32)31-30-16-19-13-22(29)26(25(14-19)34-5-2)36-17-18-7-6-8-21(28)12-18/h4,6-10,12-16H,1,5,11,17H2,2-3H3,(H,31,32)/b30-16+. The third-order valence-electron chi connectivity index (χ3n) is 4.77. The van der Waals surface area contributed by atoms with Crippen LogP contribution in [0.1, 0.15) is 28.4 Å². The molecule has 7 nitrogen and oxygen atoms in total. The number of halogens is 2. The van der Waals surface area contributed by atoms with E-state index in [1.54, 1.807) is 42.5 Å². The first-order valence-electron chi connectivity index (χ1n) is 11.0. The van der Waals surface area contributed by atoms with Crippen LogP contribution in [0.3, 0.4) is 0 Å². The number of amides is 1. The van der Waals surface area contributed by atoms with E-state index in [-0.39, 0.29) is 6.61 Å². The first-order chi connectivity index (χ1) is 17.4. The third-order valence-corrected chi connectivity index (χ3v) is 5.28. The second-order valence-electron chi connectivity index (χ2n) is 7.35.